The molecule has 0 saturated carbocycles. The van der Waals surface area contributed by atoms with Gasteiger partial charge in [-0.1, -0.05) is 191 Å². The van der Waals surface area contributed by atoms with Crippen LogP contribution in [0.3, 0.4) is 0 Å². The van der Waals surface area contributed by atoms with E-state index in [1.807, 2.05) is 60.7 Å². The third kappa shape index (κ3) is 8.62. The quantitative estimate of drug-likeness (QED) is 0.0511. The number of aliphatic hydroxyl groups excluding tert-OH is 1. The van der Waals surface area contributed by atoms with E-state index >= 15 is 4.79 Å². The van der Waals surface area contributed by atoms with Crippen molar-refractivity contribution in [1.82, 2.24) is 29.4 Å². The maximum atomic E-state index is 15.7. The third-order valence-electron chi connectivity index (χ3n) is 13.8. The number of imidazole rings is 2. The van der Waals surface area contributed by atoms with E-state index in [9.17, 15) is 15.3 Å². The molecule has 1 aliphatic heterocycles. The first kappa shape index (κ1) is 45.2. The second-order valence-corrected chi connectivity index (χ2v) is 18.3. The summed E-state index contributed by atoms with van der Waals surface area (Å²) in [4.78, 5) is 38.2. The molecule has 3 aromatic heterocycles. The van der Waals surface area contributed by atoms with Crippen LogP contribution in [0.5, 0.6) is 11.8 Å². The van der Waals surface area contributed by atoms with Gasteiger partial charge in [0.15, 0.2) is 17.9 Å². The van der Waals surface area contributed by atoms with E-state index < -0.39 is 6.23 Å². The number of amides is 1. The number of fused-ring (bicyclic) bond motifs is 6. The summed E-state index contributed by atoms with van der Waals surface area (Å²) in [6.07, 6.45) is 18.6. The molecule has 1 aliphatic rings. The van der Waals surface area contributed by atoms with Crippen LogP contribution in [0.1, 0.15) is 184 Å². The lowest BCUT2D eigenvalue weighted by atomic mass is 9.85. The molecule has 1 atom stereocenters. The van der Waals surface area contributed by atoms with Gasteiger partial charge < -0.3 is 20.2 Å². The van der Waals surface area contributed by atoms with E-state index in [0.29, 0.717) is 66.4 Å². The maximum absolute atomic E-state index is 15.7. The summed E-state index contributed by atoms with van der Waals surface area (Å²) in [7, 11) is 0. The first-order chi connectivity index (χ1) is 31.3. The molecular weight excluding hydrogens is 797 g/mol. The van der Waals surface area contributed by atoms with Crippen LogP contribution in [-0.2, 0) is 0 Å². The number of unbranched alkanes of at least 4 members (excludes halogenated alkanes) is 12. The van der Waals surface area contributed by atoms with Crippen LogP contribution in [0.4, 0.5) is 0 Å². The minimum Gasteiger partial charge on any atom is -0.494 e. The van der Waals surface area contributed by atoms with E-state index in [1.54, 1.807) is 9.47 Å². The Morgan fingerprint density at radius 2 is 0.906 bits per heavy atom. The highest BCUT2D eigenvalue weighted by molar-refractivity contribution is 6.35. The van der Waals surface area contributed by atoms with Crippen LogP contribution in [-0.4, -0.2) is 56.7 Å². The molecule has 3 N–H and O–H groups in total. The topological polar surface area (TPSA) is 137 Å². The highest BCUT2D eigenvalue weighted by atomic mass is 16.3. The molecule has 0 aliphatic carbocycles. The predicted octanol–water partition coefficient (Wildman–Crippen LogP) is 14.1. The Morgan fingerprint density at radius 3 is 1.36 bits per heavy atom. The predicted molar refractivity (Wildman–Crippen MR) is 260 cm³/mol. The lowest BCUT2D eigenvalue weighted by Crippen LogP contribution is -2.45. The van der Waals surface area contributed by atoms with Crippen LogP contribution in [0, 0.1) is 0 Å². The zero-order chi connectivity index (χ0) is 44.7. The molecule has 8 rings (SSSR count). The molecule has 4 aromatic carbocycles. The number of nitrogens with zero attached hydrogens (tertiary/aromatic N) is 6. The number of benzene rings is 4. The second-order valence-electron chi connectivity index (χ2n) is 18.3. The summed E-state index contributed by atoms with van der Waals surface area (Å²) < 4.78 is 1.72. The Balaban J connectivity index is 1.46. The molecule has 0 fully saturated rings. The minimum absolute atomic E-state index is 0.112. The Bertz CT molecular complexity index is 2610. The van der Waals surface area contributed by atoms with Crippen LogP contribution < -0.4 is 0 Å². The molecule has 0 spiro atoms. The van der Waals surface area contributed by atoms with E-state index in [0.717, 1.165) is 140 Å². The second kappa shape index (κ2) is 20.7. The van der Waals surface area contributed by atoms with Crippen LogP contribution in [0.2, 0.25) is 0 Å². The van der Waals surface area contributed by atoms with Crippen molar-refractivity contribution in [3.63, 3.8) is 0 Å². The molecule has 1 amide bonds. The zero-order valence-corrected chi connectivity index (χ0v) is 38.6. The fourth-order valence-electron chi connectivity index (χ4n) is 10.5. The number of aromatic hydroxyl groups is 2. The number of rotatable bonds is 24. The van der Waals surface area contributed by atoms with Gasteiger partial charge in [-0.3, -0.25) is 9.36 Å². The summed E-state index contributed by atoms with van der Waals surface area (Å²) in [6, 6.07) is 19.0. The number of aliphatic hydroxyl groups is 1. The van der Waals surface area contributed by atoms with E-state index in [1.165, 1.54) is 0 Å². The molecule has 0 radical (unpaired) electrons. The highest BCUT2D eigenvalue weighted by Crippen LogP contribution is 2.54. The number of pyridine rings is 1. The van der Waals surface area contributed by atoms with Crippen LogP contribution in [0.25, 0.3) is 66.4 Å². The van der Waals surface area contributed by atoms with Crippen LogP contribution >= 0.6 is 0 Å². The standard InChI is InChI=1S/C54H68N6O4/c1-5-9-13-23-31-37(32-24-14-10-6-2)59-51(61)41-39-40-43(47-45(41)55-49(57-47)35-27-19-17-20-28-35)53(63)60(38(33-25-15-11-7-3)34-26-16-12-8-4)54(64)44(40)48-46(42(39)52(59)62)56-50(58-48)36-29-21-18-22-30-36/h17-22,27-30,37-38,51,61,63-64H,5-16,23-26,31-34H2,1-4H3. The smallest absolute Gasteiger partial charge is 0.259 e. The highest BCUT2D eigenvalue weighted by Gasteiger charge is 2.44. The molecule has 10 heteroatoms. The van der Waals surface area contributed by atoms with Gasteiger partial charge in [0.25, 0.3) is 5.91 Å². The Morgan fingerprint density at radius 1 is 0.500 bits per heavy atom. The van der Waals surface area contributed by atoms with Gasteiger partial charge in [0, 0.05) is 39.5 Å². The minimum atomic E-state index is -1.35. The number of hydrogen-bond donors (Lipinski definition) is 3. The summed E-state index contributed by atoms with van der Waals surface area (Å²) >= 11 is 0. The van der Waals surface area contributed by atoms with Gasteiger partial charge in [-0.25, -0.2) is 19.9 Å². The number of hydrogen-bond acceptors (Lipinski definition) is 8. The monoisotopic (exact) mass is 865 g/mol. The molecule has 10 nitrogen and oxygen atoms in total. The van der Waals surface area contributed by atoms with E-state index in [2.05, 4.69) is 27.7 Å². The molecule has 4 heterocycles. The van der Waals surface area contributed by atoms with Gasteiger partial charge in [-0.2, -0.15) is 0 Å². The first-order valence-electron chi connectivity index (χ1n) is 24.7. The van der Waals surface area contributed by atoms with Gasteiger partial charge in [0.1, 0.15) is 22.1 Å². The Kier molecular flexibility index (Phi) is 14.6. The summed E-state index contributed by atoms with van der Waals surface area (Å²) in [5, 5.41) is 40.6. The Hall–Kier alpha value is -5.35. The van der Waals surface area contributed by atoms with Gasteiger partial charge in [0.2, 0.25) is 11.8 Å². The molecular formula is C54H68N6O4. The maximum Gasteiger partial charge on any atom is 0.259 e. The molecule has 1 unspecified atom stereocenters. The lowest BCUT2D eigenvalue weighted by Gasteiger charge is -2.40. The van der Waals surface area contributed by atoms with Gasteiger partial charge in [0.05, 0.1) is 16.3 Å². The van der Waals surface area contributed by atoms with Crippen molar-refractivity contribution in [2.24, 2.45) is 0 Å². The number of carbonyl (C=O) groups is 1. The van der Waals surface area contributed by atoms with Crippen molar-refractivity contribution >= 4 is 49.5 Å². The molecule has 338 valence electrons. The number of carbonyl (C=O) groups excluding carboxylic acids is 1. The average Bonchev–Trinajstić information content (AvgIpc) is 3.96. The van der Waals surface area contributed by atoms with Gasteiger partial charge >= 0.3 is 0 Å². The molecule has 7 aromatic rings. The van der Waals surface area contributed by atoms with Crippen molar-refractivity contribution in [2.45, 2.75) is 174 Å². The van der Waals surface area contributed by atoms with Crippen molar-refractivity contribution in [3.8, 4) is 34.5 Å². The van der Waals surface area contributed by atoms with Gasteiger partial charge in [-0.15, -0.1) is 0 Å². The van der Waals surface area contributed by atoms with Crippen molar-refractivity contribution in [3.05, 3.63) is 71.8 Å². The van der Waals surface area contributed by atoms with E-state index in [4.69, 9.17) is 19.9 Å². The Labute approximate surface area is 378 Å². The van der Waals surface area contributed by atoms with Crippen LogP contribution in [0.15, 0.2) is 60.7 Å². The lowest BCUT2D eigenvalue weighted by molar-refractivity contribution is -0.0191. The van der Waals surface area contributed by atoms with Crippen molar-refractivity contribution in [1.29, 1.82) is 0 Å². The third-order valence-corrected chi connectivity index (χ3v) is 13.8. The largest absolute Gasteiger partial charge is 0.494 e. The van der Waals surface area contributed by atoms with Crippen molar-refractivity contribution in [2.75, 3.05) is 0 Å². The SMILES string of the molecule is CCCCCCC(CCCCCC)N1C(=O)c2c3nc(-c4ccccc4)nc3c3c(O)n(C(CCCCCC)CCCCCC)c(O)c4c5nc(-c6ccccc6)nc5c(c2c34)C1O. The molecule has 0 saturated heterocycles. The molecule has 64 heavy (non-hydrogen) atoms. The van der Waals surface area contributed by atoms with Crippen molar-refractivity contribution < 1.29 is 20.1 Å². The average molecular weight is 865 g/mol. The first-order valence-corrected chi connectivity index (χ1v) is 24.7. The normalized spacial score (nSPS) is 14.3. The summed E-state index contributed by atoms with van der Waals surface area (Å²) in [5.74, 6) is 0.367. The fraction of sp³-hybridized carbons (Fsp3) is 0.500. The zero-order valence-electron chi connectivity index (χ0n) is 38.6. The molecule has 0 bridgehead atoms. The summed E-state index contributed by atoms with van der Waals surface area (Å²) in [6.45, 7) is 8.81. The van der Waals surface area contributed by atoms with E-state index in [-0.39, 0.29) is 29.8 Å². The fourth-order valence-corrected chi connectivity index (χ4v) is 10.5. The number of aromatic nitrogens is 5. The summed E-state index contributed by atoms with van der Waals surface area (Å²) in [5.41, 5.74) is 4.01. The van der Waals surface area contributed by atoms with Gasteiger partial charge in [-0.05, 0) is 25.7 Å².